The summed E-state index contributed by atoms with van der Waals surface area (Å²) in [4.78, 5) is 16.6. The van der Waals surface area contributed by atoms with Crippen LogP contribution in [0.1, 0.15) is 35.6 Å². The lowest BCUT2D eigenvalue weighted by molar-refractivity contribution is -0.116. The molecule has 4 aromatic rings. The molecule has 2 heterocycles. The van der Waals surface area contributed by atoms with Gasteiger partial charge in [0.2, 0.25) is 5.91 Å². The Morgan fingerprint density at radius 3 is 2.74 bits per heavy atom. The average molecular weight is 458 g/mol. The molecule has 0 aliphatic heterocycles. The van der Waals surface area contributed by atoms with Crippen LogP contribution in [0.4, 0.5) is 0 Å². The third-order valence-electron chi connectivity index (χ3n) is 6.14. The van der Waals surface area contributed by atoms with Gasteiger partial charge in [-0.25, -0.2) is 4.98 Å². The minimum absolute atomic E-state index is 0.121. The van der Waals surface area contributed by atoms with Gasteiger partial charge in [-0.15, -0.1) is 0 Å². The van der Waals surface area contributed by atoms with Gasteiger partial charge in [0.05, 0.1) is 19.7 Å². The fourth-order valence-electron chi connectivity index (χ4n) is 4.41. The van der Waals surface area contributed by atoms with E-state index >= 15 is 0 Å². The Kier molecular flexibility index (Phi) is 6.87. The van der Waals surface area contributed by atoms with E-state index < -0.39 is 0 Å². The predicted octanol–water partition coefficient (Wildman–Crippen LogP) is 5.84. The minimum atomic E-state index is -0.121. The van der Waals surface area contributed by atoms with E-state index in [1.807, 2.05) is 30.9 Å². The van der Waals surface area contributed by atoms with Crippen molar-refractivity contribution in [1.29, 1.82) is 0 Å². The molecule has 0 spiro atoms. The summed E-state index contributed by atoms with van der Waals surface area (Å²) in [7, 11) is 1.65. The molecule has 2 aromatic heterocycles. The normalized spacial score (nSPS) is 11.7. The number of carbonyl (C=O) groups is 1. The summed E-state index contributed by atoms with van der Waals surface area (Å²) in [5, 5.41) is 3.98. The molecule has 34 heavy (non-hydrogen) atoms. The van der Waals surface area contributed by atoms with E-state index in [0.717, 1.165) is 57.5 Å². The second-order valence-electron chi connectivity index (χ2n) is 8.70. The largest absolute Gasteiger partial charge is 0.496 e. The van der Waals surface area contributed by atoms with Crippen molar-refractivity contribution in [2.45, 2.75) is 40.7 Å². The third-order valence-corrected chi connectivity index (χ3v) is 6.14. The zero-order valence-corrected chi connectivity index (χ0v) is 20.4. The van der Waals surface area contributed by atoms with Crippen LogP contribution in [0, 0.1) is 20.8 Å². The number of ether oxygens (including phenoxy) is 1. The van der Waals surface area contributed by atoms with E-state index in [0.29, 0.717) is 6.54 Å². The molecule has 0 atom stereocenters. The topological polar surface area (TPSA) is 69.3 Å². The van der Waals surface area contributed by atoms with Crippen LogP contribution in [0.2, 0.25) is 0 Å². The molecule has 176 valence electrons. The molecule has 0 fully saturated rings. The van der Waals surface area contributed by atoms with Crippen molar-refractivity contribution in [2.24, 2.45) is 0 Å². The van der Waals surface area contributed by atoms with Gasteiger partial charge < -0.3 is 19.0 Å². The van der Waals surface area contributed by atoms with Crippen LogP contribution in [0.25, 0.3) is 27.7 Å². The molecule has 6 nitrogen and oxygen atoms in total. The van der Waals surface area contributed by atoms with Gasteiger partial charge in [0, 0.05) is 53.6 Å². The van der Waals surface area contributed by atoms with Crippen LogP contribution < -0.4 is 10.1 Å². The third kappa shape index (κ3) is 4.76. The fourth-order valence-corrected chi connectivity index (χ4v) is 4.41. The zero-order chi connectivity index (χ0) is 24.2. The number of amides is 1. The van der Waals surface area contributed by atoms with Crippen molar-refractivity contribution in [2.75, 3.05) is 13.7 Å². The molecule has 1 amide bonds. The molecule has 0 unspecified atom stereocenters. The van der Waals surface area contributed by atoms with E-state index in [9.17, 15) is 4.79 Å². The number of methoxy groups -OCH3 is 1. The van der Waals surface area contributed by atoms with Gasteiger partial charge in [-0.2, -0.15) is 0 Å². The lowest BCUT2D eigenvalue weighted by Gasteiger charge is -2.14. The first-order chi connectivity index (χ1) is 16.4. The first-order valence-electron chi connectivity index (χ1n) is 11.5. The number of rotatable bonds is 8. The van der Waals surface area contributed by atoms with E-state index in [1.165, 1.54) is 11.1 Å². The van der Waals surface area contributed by atoms with Crippen LogP contribution in [-0.4, -0.2) is 29.1 Å². The molecule has 0 aliphatic carbocycles. The Morgan fingerprint density at radius 1 is 1.21 bits per heavy atom. The summed E-state index contributed by atoms with van der Waals surface area (Å²) in [6, 6.07) is 8.49. The lowest BCUT2D eigenvalue weighted by atomic mass is 9.94. The average Bonchev–Trinajstić information content (AvgIpc) is 3.47. The van der Waals surface area contributed by atoms with Gasteiger partial charge in [-0.1, -0.05) is 23.8 Å². The SMILES string of the molecule is COc1c(/C(C)=C/C(=O)NCCCn2ccnc2)cc2c(-c3ccc(C)cc3C)coc2c1C. The molecular formula is C28H31N3O3. The monoisotopic (exact) mass is 457 g/mol. The zero-order valence-electron chi connectivity index (χ0n) is 20.4. The van der Waals surface area contributed by atoms with Crippen molar-refractivity contribution >= 4 is 22.4 Å². The van der Waals surface area contributed by atoms with Crippen molar-refractivity contribution in [3.8, 4) is 16.9 Å². The summed E-state index contributed by atoms with van der Waals surface area (Å²) >= 11 is 0. The van der Waals surface area contributed by atoms with E-state index in [1.54, 1.807) is 25.7 Å². The maximum atomic E-state index is 12.6. The number of aromatic nitrogens is 2. The number of carbonyl (C=O) groups excluding carboxylic acids is 1. The number of aryl methyl sites for hydroxylation is 4. The molecule has 1 N–H and O–H groups in total. The lowest BCUT2D eigenvalue weighted by Crippen LogP contribution is -2.23. The smallest absolute Gasteiger partial charge is 0.244 e. The van der Waals surface area contributed by atoms with Crippen molar-refractivity contribution in [1.82, 2.24) is 14.9 Å². The number of imidazole rings is 1. The molecule has 0 radical (unpaired) electrons. The quantitative estimate of drug-likeness (QED) is 0.267. The van der Waals surface area contributed by atoms with Crippen LogP contribution >= 0.6 is 0 Å². The van der Waals surface area contributed by atoms with Crippen molar-refractivity contribution < 1.29 is 13.9 Å². The number of furan rings is 1. The number of hydrogen-bond acceptors (Lipinski definition) is 4. The molecule has 6 heteroatoms. The summed E-state index contributed by atoms with van der Waals surface area (Å²) in [5.41, 5.74) is 8.03. The predicted molar refractivity (Wildman–Crippen MR) is 136 cm³/mol. The molecule has 0 aliphatic rings. The van der Waals surface area contributed by atoms with Gasteiger partial charge in [-0.05, 0) is 56.9 Å². The van der Waals surface area contributed by atoms with Gasteiger partial charge in [0.15, 0.2) is 0 Å². The second-order valence-corrected chi connectivity index (χ2v) is 8.70. The first-order valence-corrected chi connectivity index (χ1v) is 11.5. The molecule has 4 rings (SSSR count). The summed E-state index contributed by atoms with van der Waals surface area (Å²) in [6.07, 6.45) is 9.72. The highest BCUT2D eigenvalue weighted by Crippen LogP contribution is 2.41. The fraction of sp³-hybridized carbons (Fsp3) is 0.286. The molecular weight excluding hydrogens is 426 g/mol. The Hall–Kier alpha value is -3.80. The maximum absolute atomic E-state index is 12.6. The Bertz CT molecular complexity index is 1350. The standard InChI is InChI=1S/C28H31N3O3/c1-18-7-8-22(19(2)13-18)25-16-34-28-21(4)27(33-5)23(15-24(25)28)20(3)14-26(32)30-9-6-11-31-12-10-29-17-31/h7-8,10,12-17H,6,9,11H2,1-5H3,(H,30,32)/b20-14+. The van der Waals surface area contributed by atoms with E-state index in [4.69, 9.17) is 9.15 Å². The van der Waals surface area contributed by atoms with Crippen LogP contribution in [0.5, 0.6) is 5.75 Å². The van der Waals surface area contributed by atoms with E-state index in [-0.39, 0.29) is 5.91 Å². The van der Waals surface area contributed by atoms with Crippen LogP contribution in [-0.2, 0) is 11.3 Å². The van der Waals surface area contributed by atoms with Crippen LogP contribution in [0.3, 0.4) is 0 Å². The highest BCUT2D eigenvalue weighted by molar-refractivity contribution is 6.02. The Labute approximate surface area is 200 Å². The number of hydrogen-bond donors (Lipinski definition) is 1. The van der Waals surface area contributed by atoms with Gasteiger partial charge in [-0.3, -0.25) is 4.79 Å². The summed E-state index contributed by atoms with van der Waals surface area (Å²) in [6.45, 7) is 9.53. The maximum Gasteiger partial charge on any atom is 0.244 e. The van der Waals surface area contributed by atoms with E-state index in [2.05, 4.69) is 48.4 Å². The second kappa shape index (κ2) is 10.00. The van der Waals surface area contributed by atoms with Crippen LogP contribution in [0.15, 0.2) is 59.7 Å². The summed E-state index contributed by atoms with van der Waals surface area (Å²) < 4.78 is 13.7. The number of allylic oxidation sites excluding steroid dienone is 1. The van der Waals surface area contributed by atoms with Gasteiger partial charge in [0.1, 0.15) is 11.3 Å². The minimum Gasteiger partial charge on any atom is -0.496 e. The first kappa shape index (κ1) is 23.4. The molecule has 0 saturated heterocycles. The highest BCUT2D eigenvalue weighted by atomic mass is 16.5. The number of nitrogens with one attached hydrogen (secondary N) is 1. The Balaban J connectivity index is 1.62. The van der Waals surface area contributed by atoms with Gasteiger partial charge in [0.25, 0.3) is 0 Å². The van der Waals surface area contributed by atoms with Gasteiger partial charge >= 0.3 is 0 Å². The molecule has 0 saturated carbocycles. The molecule has 0 bridgehead atoms. The van der Waals surface area contributed by atoms with Crippen molar-refractivity contribution in [3.63, 3.8) is 0 Å². The number of fused-ring (bicyclic) bond motifs is 1. The molecule has 2 aromatic carbocycles. The summed E-state index contributed by atoms with van der Waals surface area (Å²) in [5.74, 6) is 0.598. The van der Waals surface area contributed by atoms with Crippen molar-refractivity contribution in [3.05, 3.63) is 77.6 Å². The number of nitrogens with zero attached hydrogens (tertiary/aromatic N) is 2. The highest BCUT2D eigenvalue weighted by Gasteiger charge is 2.19. The Morgan fingerprint density at radius 2 is 2.03 bits per heavy atom. The number of benzene rings is 2.